The van der Waals surface area contributed by atoms with Gasteiger partial charge in [-0.2, -0.15) is 5.26 Å². The van der Waals surface area contributed by atoms with Crippen LogP contribution in [0.15, 0.2) is 18.5 Å². The zero-order valence-electron chi connectivity index (χ0n) is 15.8. The van der Waals surface area contributed by atoms with Crippen molar-refractivity contribution in [1.29, 1.82) is 5.26 Å². The van der Waals surface area contributed by atoms with Crippen LogP contribution in [-0.4, -0.2) is 44.5 Å². The quantitative estimate of drug-likeness (QED) is 0.738. The van der Waals surface area contributed by atoms with Crippen molar-refractivity contribution >= 4 is 22.1 Å². The van der Waals surface area contributed by atoms with Gasteiger partial charge in [0.2, 0.25) is 0 Å². The van der Waals surface area contributed by atoms with Gasteiger partial charge >= 0.3 is 0 Å². The Kier molecular flexibility index (Phi) is 6.24. The largest absolute Gasteiger partial charge is 0.346 e. The molecule has 0 aromatic carbocycles. The summed E-state index contributed by atoms with van der Waals surface area (Å²) in [6.45, 7) is 3.03. The van der Waals surface area contributed by atoms with Gasteiger partial charge in [0.1, 0.15) is 17.0 Å². The smallest absolute Gasteiger partial charge is 0.139 e. The van der Waals surface area contributed by atoms with Crippen LogP contribution in [0.1, 0.15) is 51.3 Å². The summed E-state index contributed by atoms with van der Waals surface area (Å²) >= 11 is 0. The fourth-order valence-corrected chi connectivity index (χ4v) is 3.62. The van der Waals surface area contributed by atoms with Crippen molar-refractivity contribution in [2.45, 2.75) is 57.9 Å². The van der Waals surface area contributed by atoms with E-state index in [0.29, 0.717) is 6.42 Å². The van der Waals surface area contributed by atoms with Gasteiger partial charge in [0.25, 0.3) is 0 Å². The van der Waals surface area contributed by atoms with Gasteiger partial charge in [-0.15, -0.1) is 0 Å². The van der Waals surface area contributed by atoms with E-state index in [0.717, 1.165) is 46.9 Å². The molecule has 0 bridgehead atoms. The van der Waals surface area contributed by atoms with Gasteiger partial charge in [-0.25, -0.2) is 9.97 Å². The van der Waals surface area contributed by atoms with Gasteiger partial charge in [-0.05, 0) is 26.0 Å². The highest BCUT2D eigenvalue weighted by molar-refractivity contribution is 6.00. The maximum Gasteiger partial charge on any atom is 0.139 e. The summed E-state index contributed by atoms with van der Waals surface area (Å²) in [6, 6.07) is 4.96. The number of aryl methyl sites for hydroxylation is 1. The molecule has 6 heteroatoms. The number of hydrogen-bond donors (Lipinski definition) is 2. The molecule has 4 rings (SSSR count). The molecule has 0 spiro atoms. The summed E-state index contributed by atoms with van der Waals surface area (Å²) < 4.78 is 0. The van der Waals surface area contributed by atoms with Crippen LogP contribution in [0.2, 0.25) is 0 Å². The number of aromatic amines is 2. The summed E-state index contributed by atoms with van der Waals surface area (Å²) in [7, 11) is 2.15. The fourth-order valence-electron chi connectivity index (χ4n) is 3.62. The second kappa shape index (κ2) is 8.81. The highest BCUT2D eigenvalue weighted by Crippen LogP contribution is 2.21. The van der Waals surface area contributed by atoms with Gasteiger partial charge < -0.3 is 14.9 Å². The Morgan fingerprint density at radius 1 is 1.31 bits per heavy atom. The average Bonchev–Trinajstić information content (AvgIpc) is 3.33. The number of rotatable bonds is 4. The second-order valence-corrected chi connectivity index (χ2v) is 6.98. The van der Waals surface area contributed by atoms with Crippen LogP contribution >= 0.6 is 0 Å². The molecule has 1 saturated carbocycles. The van der Waals surface area contributed by atoms with Crippen molar-refractivity contribution in [2.75, 3.05) is 13.6 Å². The molecular formula is C20H28N6. The molecule has 0 radical (unpaired) electrons. The lowest BCUT2D eigenvalue weighted by atomic mass is 9.94. The first-order valence-corrected chi connectivity index (χ1v) is 9.60. The summed E-state index contributed by atoms with van der Waals surface area (Å²) in [5, 5.41) is 9.52. The van der Waals surface area contributed by atoms with E-state index in [1.807, 2.05) is 18.5 Å². The highest BCUT2D eigenvalue weighted by Gasteiger charge is 2.16. The number of nitrogens with one attached hydrogen (secondary N) is 2. The number of pyridine rings is 1. The second-order valence-electron chi connectivity index (χ2n) is 6.98. The molecule has 1 aliphatic rings. The minimum atomic E-state index is 0.674. The highest BCUT2D eigenvalue weighted by atomic mass is 15.1. The van der Waals surface area contributed by atoms with E-state index in [1.165, 1.54) is 32.1 Å². The first kappa shape index (κ1) is 18.4. The predicted octanol–water partition coefficient (Wildman–Crippen LogP) is 4.17. The number of aromatic nitrogens is 4. The van der Waals surface area contributed by atoms with Crippen LogP contribution in [-0.2, 0) is 6.42 Å². The van der Waals surface area contributed by atoms with Crippen molar-refractivity contribution in [3.63, 3.8) is 0 Å². The summed E-state index contributed by atoms with van der Waals surface area (Å²) in [4.78, 5) is 17.5. The van der Waals surface area contributed by atoms with Gasteiger partial charge in [-0.3, -0.25) is 0 Å². The topological polar surface area (TPSA) is 84.4 Å². The Bertz CT molecular complexity index is 865. The number of nitriles is 1. The molecule has 0 amide bonds. The maximum atomic E-state index is 8.44. The summed E-state index contributed by atoms with van der Waals surface area (Å²) in [6.07, 6.45) is 12.1. The average molecular weight is 352 g/mol. The van der Waals surface area contributed by atoms with Gasteiger partial charge in [-0.1, -0.05) is 26.2 Å². The van der Waals surface area contributed by atoms with E-state index in [1.54, 1.807) is 0 Å². The first-order valence-electron chi connectivity index (χ1n) is 9.60. The molecule has 3 heterocycles. The minimum Gasteiger partial charge on any atom is -0.346 e. The fraction of sp³-hybridized carbons (Fsp3) is 0.550. The first-order chi connectivity index (χ1) is 12.7. The standard InChI is InChI=1S/C10H10N4.C10H18N2/c1-2-8-13-7-5-12-10-6(3-4-11-10)9(7)14-8;1-12(9-5-8-11)10-6-3-2-4-7-10/h3-5H,2H2,1H3,(H,11,12)(H,13,14);10H,2-7,9H2,1H3. The lowest BCUT2D eigenvalue weighted by Gasteiger charge is -2.30. The van der Waals surface area contributed by atoms with Crippen LogP contribution in [0.3, 0.4) is 0 Å². The van der Waals surface area contributed by atoms with E-state index in [-0.39, 0.29) is 0 Å². The number of nitrogens with zero attached hydrogens (tertiary/aromatic N) is 4. The molecule has 6 nitrogen and oxygen atoms in total. The minimum absolute atomic E-state index is 0.674. The Morgan fingerprint density at radius 3 is 2.85 bits per heavy atom. The van der Waals surface area contributed by atoms with Gasteiger partial charge in [0, 0.05) is 37.0 Å². The zero-order valence-corrected chi connectivity index (χ0v) is 15.8. The molecular weight excluding hydrogens is 324 g/mol. The van der Waals surface area contributed by atoms with Crippen LogP contribution in [0.4, 0.5) is 0 Å². The van der Waals surface area contributed by atoms with Crippen molar-refractivity contribution in [1.82, 2.24) is 24.8 Å². The Labute approximate surface area is 154 Å². The third-order valence-electron chi connectivity index (χ3n) is 5.19. The third kappa shape index (κ3) is 4.23. The van der Waals surface area contributed by atoms with Crippen LogP contribution < -0.4 is 0 Å². The van der Waals surface area contributed by atoms with E-state index in [2.05, 4.69) is 44.9 Å². The lowest BCUT2D eigenvalue weighted by Crippen LogP contribution is -2.33. The Hall–Kier alpha value is -2.39. The van der Waals surface area contributed by atoms with Crippen LogP contribution in [0.5, 0.6) is 0 Å². The Morgan fingerprint density at radius 2 is 2.12 bits per heavy atom. The van der Waals surface area contributed by atoms with Crippen molar-refractivity contribution < 1.29 is 0 Å². The molecule has 1 aliphatic carbocycles. The summed E-state index contributed by atoms with van der Waals surface area (Å²) in [5.41, 5.74) is 2.91. The molecule has 0 saturated heterocycles. The molecule has 1 fully saturated rings. The molecule has 2 N–H and O–H groups in total. The summed E-state index contributed by atoms with van der Waals surface area (Å²) in [5.74, 6) is 1.01. The predicted molar refractivity (Wildman–Crippen MR) is 105 cm³/mol. The van der Waals surface area contributed by atoms with Crippen LogP contribution in [0, 0.1) is 11.3 Å². The molecule has 0 atom stereocenters. The third-order valence-corrected chi connectivity index (χ3v) is 5.19. The molecule has 3 aromatic heterocycles. The number of hydrogen-bond acceptors (Lipinski definition) is 4. The monoisotopic (exact) mass is 352 g/mol. The van der Waals surface area contributed by atoms with E-state index in [9.17, 15) is 0 Å². The van der Waals surface area contributed by atoms with E-state index >= 15 is 0 Å². The number of fused-ring (bicyclic) bond motifs is 3. The molecule has 3 aromatic rings. The molecule has 0 unspecified atom stereocenters. The van der Waals surface area contributed by atoms with Gasteiger partial charge in [0.05, 0.1) is 17.8 Å². The molecule has 26 heavy (non-hydrogen) atoms. The maximum absolute atomic E-state index is 8.44. The van der Waals surface area contributed by atoms with E-state index < -0.39 is 0 Å². The lowest BCUT2D eigenvalue weighted by molar-refractivity contribution is 0.195. The SMILES string of the molecule is CCc1nc2c(cnc3[nH]ccc32)[nH]1.CN(CCC#N)C1CCCCC1. The van der Waals surface area contributed by atoms with Crippen molar-refractivity contribution in [2.24, 2.45) is 0 Å². The molecule has 0 aliphatic heterocycles. The number of H-pyrrole nitrogens is 2. The van der Waals surface area contributed by atoms with E-state index in [4.69, 9.17) is 5.26 Å². The normalized spacial score (nSPS) is 15.2. The molecule has 138 valence electrons. The van der Waals surface area contributed by atoms with Crippen LogP contribution in [0.25, 0.3) is 22.1 Å². The number of imidazole rings is 1. The van der Waals surface area contributed by atoms with Crippen molar-refractivity contribution in [3.05, 3.63) is 24.3 Å². The van der Waals surface area contributed by atoms with Crippen molar-refractivity contribution in [3.8, 4) is 6.07 Å². The zero-order chi connectivity index (χ0) is 18.4. The Balaban J connectivity index is 0.000000153. The van der Waals surface area contributed by atoms with Gasteiger partial charge in [0.15, 0.2) is 0 Å².